The molecule has 106 valence electrons. The molecule has 0 aliphatic carbocycles. The lowest BCUT2D eigenvalue weighted by atomic mass is 10.2. The number of hydrogen-bond donors (Lipinski definition) is 2. The normalized spacial score (nSPS) is 11.1. The van der Waals surface area contributed by atoms with Crippen LogP contribution in [0.3, 0.4) is 0 Å². The fraction of sp³-hybridized carbons (Fsp3) is 0.182. The monoisotopic (exact) mass is 328 g/mol. The van der Waals surface area contributed by atoms with E-state index < -0.39 is 10.0 Å². The summed E-state index contributed by atoms with van der Waals surface area (Å²) in [6.45, 7) is 3.68. The molecule has 20 heavy (non-hydrogen) atoms. The highest BCUT2D eigenvalue weighted by Crippen LogP contribution is 2.14. The molecule has 0 aliphatic heterocycles. The smallest absolute Gasteiger partial charge is 0.263 e. The SMILES string of the molecule is Cc1ccc(S(=O)(=O)NC(=S)Nc2nnc(C)s2)cc1. The third-order valence-electron chi connectivity index (χ3n) is 2.30. The zero-order valence-electron chi connectivity index (χ0n) is 10.7. The van der Waals surface area contributed by atoms with Gasteiger partial charge in [0, 0.05) is 0 Å². The highest BCUT2D eigenvalue weighted by molar-refractivity contribution is 7.92. The minimum Gasteiger partial charge on any atom is -0.306 e. The summed E-state index contributed by atoms with van der Waals surface area (Å²) < 4.78 is 26.4. The summed E-state index contributed by atoms with van der Waals surface area (Å²) in [5.41, 5.74) is 0.981. The predicted molar refractivity (Wildman–Crippen MR) is 82.4 cm³/mol. The van der Waals surface area contributed by atoms with Gasteiger partial charge in [0.15, 0.2) is 5.11 Å². The van der Waals surface area contributed by atoms with Gasteiger partial charge in [-0.05, 0) is 38.2 Å². The average molecular weight is 328 g/mol. The molecule has 1 aromatic heterocycles. The molecule has 0 unspecified atom stereocenters. The number of benzene rings is 1. The maximum absolute atomic E-state index is 12.1. The Morgan fingerprint density at radius 2 is 1.85 bits per heavy atom. The molecule has 0 saturated heterocycles. The summed E-state index contributed by atoms with van der Waals surface area (Å²) in [7, 11) is -3.69. The Balaban J connectivity index is 2.08. The van der Waals surface area contributed by atoms with Crippen molar-refractivity contribution in [3.63, 3.8) is 0 Å². The maximum Gasteiger partial charge on any atom is 0.263 e. The fourth-order valence-corrected chi connectivity index (χ4v) is 3.36. The molecule has 0 aliphatic rings. The Morgan fingerprint density at radius 1 is 1.20 bits per heavy atom. The van der Waals surface area contributed by atoms with E-state index in [0.717, 1.165) is 10.6 Å². The number of nitrogens with zero attached hydrogens (tertiary/aromatic N) is 2. The van der Waals surface area contributed by atoms with E-state index in [0.29, 0.717) is 5.13 Å². The first-order chi connectivity index (χ1) is 9.37. The van der Waals surface area contributed by atoms with E-state index in [2.05, 4.69) is 20.2 Å². The summed E-state index contributed by atoms with van der Waals surface area (Å²) in [5, 5.41) is 11.5. The van der Waals surface area contributed by atoms with Gasteiger partial charge in [0.2, 0.25) is 5.13 Å². The van der Waals surface area contributed by atoms with Crippen molar-refractivity contribution in [2.24, 2.45) is 0 Å². The number of rotatable bonds is 3. The fourth-order valence-electron chi connectivity index (χ4n) is 1.37. The largest absolute Gasteiger partial charge is 0.306 e. The standard InChI is InChI=1S/C11H12N4O2S3/c1-7-3-5-9(6-4-7)20(16,17)15-10(18)12-11-14-13-8(2)19-11/h3-6H,1-2H3,(H2,12,14,15,18). The van der Waals surface area contributed by atoms with Crippen LogP contribution >= 0.6 is 23.6 Å². The Kier molecular flexibility index (Phi) is 4.31. The van der Waals surface area contributed by atoms with Gasteiger partial charge in [0.1, 0.15) is 5.01 Å². The second-order valence-electron chi connectivity index (χ2n) is 4.00. The molecule has 2 rings (SSSR count). The third-order valence-corrected chi connectivity index (χ3v) is 4.76. The van der Waals surface area contributed by atoms with Gasteiger partial charge in [-0.15, -0.1) is 10.2 Å². The van der Waals surface area contributed by atoms with E-state index in [4.69, 9.17) is 12.2 Å². The second-order valence-corrected chi connectivity index (χ2v) is 7.27. The molecule has 2 N–H and O–H groups in total. The summed E-state index contributed by atoms with van der Waals surface area (Å²) in [4.78, 5) is 0.153. The molecule has 9 heteroatoms. The number of aromatic nitrogens is 2. The van der Waals surface area contributed by atoms with Gasteiger partial charge in [-0.3, -0.25) is 4.72 Å². The minimum absolute atomic E-state index is 0.0401. The summed E-state index contributed by atoms with van der Waals surface area (Å²) in [5.74, 6) is 0. The summed E-state index contributed by atoms with van der Waals surface area (Å²) in [6.07, 6.45) is 0. The van der Waals surface area contributed by atoms with Gasteiger partial charge in [-0.1, -0.05) is 29.0 Å². The number of aryl methyl sites for hydroxylation is 2. The van der Waals surface area contributed by atoms with E-state index in [1.54, 1.807) is 19.1 Å². The van der Waals surface area contributed by atoms with E-state index in [9.17, 15) is 8.42 Å². The van der Waals surface area contributed by atoms with Crippen molar-refractivity contribution < 1.29 is 8.42 Å². The van der Waals surface area contributed by atoms with Crippen molar-refractivity contribution in [2.45, 2.75) is 18.7 Å². The lowest BCUT2D eigenvalue weighted by Crippen LogP contribution is -2.34. The maximum atomic E-state index is 12.1. The van der Waals surface area contributed by atoms with Crippen LogP contribution in [0.2, 0.25) is 0 Å². The summed E-state index contributed by atoms with van der Waals surface area (Å²) in [6, 6.07) is 6.49. The number of hydrogen-bond acceptors (Lipinski definition) is 6. The van der Waals surface area contributed by atoms with Crippen LogP contribution in [0, 0.1) is 13.8 Å². The van der Waals surface area contributed by atoms with Crippen LogP contribution in [0.15, 0.2) is 29.2 Å². The van der Waals surface area contributed by atoms with Gasteiger partial charge >= 0.3 is 0 Å². The number of thiocarbonyl (C=S) groups is 1. The van der Waals surface area contributed by atoms with E-state index in [1.807, 2.05) is 6.92 Å². The highest BCUT2D eigenvalue weighted by atomic mass is 32.2. The van der Waals surface area contributed by atoms with Gasteiger partial charge in [-0.2, -0.15) is 0 Å². The summed E-state index contributed by atoms with van der Waals surface area (Å²) >= 11 is 6.24. The first kappa shape index (κ1) is 14.8. The molecule has 6 nitrogen and oxygen atoms in total. The Morgan fingerprint density at radius 3 is 2.40 bits per heavy atom. The predicted octanol–water partition coefficient (Wildman–Crippen LogP) is 1.83. The lowest BCUT2D eigenvalue weighted by molar-refractivity contribution is 0.593. The molecule has 1 heterocycles. The van der Waals surface area contributed by atoms with Crippen LogP contribution in [0.1, 0.15) is 10.6 Å². The van der Waals surface area contributed by atoms with Crippen molar-refractivity contribution in [1.29, 1.82) is 0 Å². The molecule has 0 amide bonds. The third kappa shape index (κ3) is 3.71. The van der Waals surface area contributed by atoms with E-state index in [1.165, 1.54) is 23.5 Å². The number of nitrogens with one attached hydrogen (secondary N) is 2. The van der Waals surface area contributed by atoms with Crippen LogP contribution < -0.4 is 10.0 Å². The first-order valence-corrected chi connectivity index (χ1v) is 8.28. The zero-order chi connectivity index (χ0) is 14.8. The molecule has 0 atom stereocenters. The van der Waals surface area contributed by atoms with Crippen molar-refractivity contribution in [2.75, 3.05) is 5.32 Å². The molecule has 0 bridgehead atoms. The molecule has 2 aromatic rings. The van der Waals surface area contributed by atoms with E-state index >= 15 is 0 Å². The van der Waals surface area contributed by atoms with Gasteiger partial charge in [0.25, 0.3) is 10.0 Å². The quantitative estimate of drug-likeness (QED) is 0.836. The lowest BCUT2D eigenvalue weighted by Gasteiger charge is -2.09. The van der Waals surface area contributed by atoms with Crippen molar-refractivity contribution in [3.8, 4) is 0 Å². The Hall–Kier alpha value is -1.58. The molecule has 1 aromatic carbocycles. The zero-order valence-corrected chi connectivity index (χ0v) is 13.2. The molecular weight excluding hydrogens is 316 g/mol. The molecule has 0 radical (unpaired) electrons. The van der Waals surface area contributed by atoms with Crippen molar-refractivity contribution >= 4 is 43.8 Å². The topological polar surface area (TPSA) is 84.0 Å². The van der Waals surface area contributed by atoms with Gasteiger partial charge in [0.05, 0.1) is 4.90 Å². The van der Waals surface area contributed by atoms with Crippen LogP contribution in [0.4, 0.5) is 5.13 Å². The minimum atomic E-state index is -3.69. The molecule has 0 spiro atoms. The van der Waals surface area contributed by atoms with Gasteiger partial charge < -0.3 is 5.32 Å². The van der Waals surface area contributed by atoms with E-state index in [-0.39, 0.29) is 10.0 Å². The van der Waals surface area contributed by atoms with Gasteiger partial charge in [-0.25, -0.2) is 8.42 Å². The van der Waals surface area contributed by atoms with Crippen LogP contribution in [0.25, 0.3) is 0 Å². The second kappa shape index (κ2) is 5.81. The molecule has 0 saturated carbocycles. The van der Waals surface area contributed by atoms with Crippen LogP contribution in [-0.2, 0) is 10.0 Å². The molecular formula is C11H12N4O2S3. The number of anilines is 1. The van der Waals surface area contributed by atoms with Crippen LogP contribution in [0.5, 0.6) is 0 Å². The van der Waals surface area contributed by atoms with Crippen molar-refractivity contribution in [1.82, 2.24) is 14.9 Å². The highest BCUT2D eigenvalue weighted by Gasteiger charge is 2.16. The molecule has 0 fully saturated rings. The average Bonchev–Trinajstić information content (AvgIpc) is 2.74. The Labute approximate surface area is 126 Å². The van der Waals surface area contributed by atoms with Crippen LogP contribution in [-0.4, -0.2) is 23.7 Å². The number of sulfonamides is 1. The first-order valence-electron chi connectivity index (χ1n) is 5.57. The van der Waals surface area contributed by atoms with Crippen molar-refractivity contribution in [3.05, 3.63) is 34.8 Å². The Bertz CT molecular complexity index is 722.